The summed E-state index contributed by atoms with van der Waals surface area (Å²) in [6.07, 6.45) is 4.58. The summed E-state index contributed by atoms with van der Waals surface area (Å²) in [5.74, 6) is 0.581. The number of rotatable bonds is 3. The maximum Gasteiger partial charge on any atom is 0.141 e. The van der Waals surface area contributed by atoms with Gasteiger partial charge in [-0.1, -0.05) is 6.07 Å². The zero-order valence-electron chi connectivity index (χ0n) is 12.9. The van der Waals surface area contributed by atoms with Crippen molar-refractivity contribution >= 4 is 33.8 Å². The van der Waals surface area contributed by atoms with Crippen LogP contribution in [0.5, 0.6) is 0 Å². The van der Waals surface area contributed by atoms with Crippen molar-refractivity contribution < 1.29 is 0 Å². The fraction of sp³-hybridized carbons (Fsp3) is 0.278. The molecule has 5 heteroatoms. The number of hydrogen-bond acceptors (Lipinski definition) is 3. The van der Waals surface area contributed by atoms with Crippen molar-refractivity contribution in [3.8, 4) is 0 Å². The molecular weight excluding hydrogens is 304 g/mol. The fourth-order valence-electron chi connectivity index (χ4n) is 3.24. The molecule has 1 aromatic carbocycles. The first-order valence-electron chi connectivity index (χ1n) is 8.00. The molecule has 3 N–H and O–H groups in total. The van der Waals surface area contributed by atoms with Gasteiger partial charge in [-0.3, -0.25) is 0 Å². The molecule has 4 rings (SSSR count). The number of nitrogens with one attached hydrogen (secondary N) is 1. The first-order chi connectivity index (χ1) is 11.3. The first kappa shape index (κ1) is 14.5. The monoisotopic (exact) mass is 324 g/mol. The Hall–Kier alpha value is -2.11. The van der Waals surface area contributed by atoms with Crippen LogP contribution in [0.4, 0.5) is 5.69 Å². The summed E-state index contributed by atoms with van der Waals surface area (Å²) in [5, 5.41) is 6.66. The molecule has 1 aliphatic rings. The molecule has 1 fully saturated rings. The highest BCUT2D eigenvalue weighted by Crippen LogP contribution is 2.28. The summed E-state index contributed by atoms with van der Waals surface area (Å²) >= 11 is 1.61. The Morgan fingerprint density at radius 3 is 2.87 bits per heavy atom. The summed E-state index contributed by atoms with van der Waals surface area (Å²) in [7, 11) is 0. The highest BCUT2D eigenvalue weighted by molar-refractivity contribution is 7.12. The molecule has 0 atom stereocenters. The van der Waals surface area contributed by atoms with E-state index in [2.05, 4.69) is 45.3 Å². The van der Waals surface area contributed by atoms with Gasteiger partial charge in [-0.2, -0.15) is 0 Å². The van der Waals surface area contributed by atoms with E-state index in [4.69, 9.17) is 5.73 Å². The van der Waals surface area contributed by atoms with Gasteiger partial charge in [-0.25, -0.2) is 4.99 Å². The van der Waals surface area contributed by atoms with Crippen molar-refractivity contribution in [2.45, 2.75) is 18.9 Å². The van der Waals surface area contributed by atoms with Crippen LogP contribution in [0.1, 0.15) is 23.8 Å². The number of fused-ring (bicyclic) bond motifs is 1. The van der Waals surface area contributed by atoms with E-state index in [0.717, 1.165) is 23.7 Å². The number of nitrogens with two attached hydrogens (primary N) is 1. The Kier molecular flexibility index (Phi) is 3.89. The zero-order chi connectivity index (χ0) is 15.6. The van der Waals surface area contributed by atoms with Gasteiger partial charge in [0.1, 0.15) is 5.84 Å². The molecule has 1 saturated heterocycles. The standard InChI is InChI=1S/C18H20N4S/c19-18(17-2-1-11-23-17)21-14-3-4-16-13(12-14)7-10-22(16)15-5-8-20-9-6-15/h1-4,7,10-12,15,20H,5-6,8-9H2,(H2,19,21). The molecule has 2 aromatic heterocycles. The van der Waals surface area contributed by atoms with Crippen LogP contribution in [0.25, 0.3) is 10.9 Å². The zero-order valence-corrected chi connectivity index (χ0v) is 13.7. The lowest BCUT2D eigenvalue weighted by molar-refractivity contribution is 0.376. The molecule has 3 aromatic rings. The van der Waals surface area contributed by atoms with E-state index >= 15 is 0 Å². The number of aromatic nitrogens is 1. The van der Waals surface area contributed by atoms with Gasteiger partial charge in [0.15, 0.2) is 0 Å². The van der Waals surface area contributed by atoms with Crippen molar-refractivity contribution in [2.24, 2.45) is 10.7 Å². The van der Waals surface area contributed by atoms with Crippen LogP contribution in [0.2, 0.25) is 0 Å². The van der Waals surface area contributed by atoms with Crippen molar-refractivity contribution in [1.29, 1.82) is 0 Å². The average Bonchev–Trinajstić information content (AvgIpc) is 3.25. The van der Waals surface area contributed by atoms with Crippen LogP contribution in [0.3, 0.4) is 0 Å². The molecule has 23 heavy (non-hydrogen) atoms. The number of nitrogens with zero attached hydrogens (tertiary/aromatic N) is 2. The molecule has 0 spiro atoms. The minimum atomic E-state index is 0.581. The molecule has 0 saturated carbocycles. The summed E-state index contributed by atoms with van der Waals surface area (Å²) in [4.78, 5) is 5.57. The van der Waals surface area contributed by atoms with Crippen molar-refractivity contribution in [3.63, 3.8) is 0 Å². The van der Waals surface area contributed by atoms with Gasteiger partial charge in [0.25, 0.3) is 0 Å². The molecule has 3 heterocycles. The van der Waals surface area contributed by atoms with Crippen LogP contribution in [-0.4, -0.2) is 23.5 Å². The molecule has 0 aliphatic carbocycles. The Bertz CT molecular complexity index is 826. The van der Waals surface area contributed by atoms with E-state index in [9.17, 15) is 0 Å². The molecule has 0 bridgehead atoms. The van der Waals surface area contributed by atoms with Gasteiger partial charge in [0.2, 0.25) is 0 Å². The number of thiophene rings is 1. The van der Waals surface area contributed by atoms with E-state index in [-0.39, 0.29) is 0 Å². The Morgan fingerprint density at radius 2 is 2.09 bits per heavy atom. The molecule has 1 aliphatic heterocycles. The largest absolute Gasteiger partial charge is 0.383 e. The topological polar surface area (TPSA) is 55.3 Å². The van der Waals surface area contributed by atoms with Gasteiger partial charge in [0.05, 0.1) is 10.6 Å². The van der Waals surface area contributed by atoms with Crippen LogP contribution < -0.4 is 11.1 Å². The van der Waals surface area contributed by atoms with Gasteiger partial charge in [-0.05, 0) is 61.6 Å². The van der Waals surface area contributed by atoms with Crippen LogP contribution in [0, 0.1) is 0 Å². The Labute approximate surface area is 139 Å². The highest BCUT2D eigenvalue weighted by Gasteiger charge is 2.16. The normalized spacial score (nSPS) is 17.0. The van der Waals surface area contributed by atoms with Crippen molar-refractivity contribution in [1.82, 2.24) is 9.88 Å². The molecule has 0 unspecified atom stereocenters. The second-order valence-electron chi connectivity index (χ2n) is 5.92. The number of amidine groups is 1. The maximum atomic E-state index is 6.09. The summed E-state index contributed by atoms with van der Waals surface area (Å²) < 4.78 is 2.41. The lowest BCUT2D eigenvalue weighted by Gasteiger charge is -2.25. The number of aliphatic imine (C=N–C) groups is 1. The van der Waals surface area contributed by atoms with Crippen molar-refractivity contribution in [2.75, 3.05) is 13.1 Å². The minimum Gasteiger partial charge on any atom is -0.383 e. The summed E-state index contributed by atoms with van der Waals surface area (Å²) in [6, 6.07) is 13.1. The Morgan fingerprint density at radius 1 is 1.22 bits per heavy atom. The lowest BCUT2D eigenvalue weighted by atomic mass is 10.1. The first-order valence-corrected chi connectivity index (χ1v) is 8.88. The smallest absolute Gasteiger partial charge is 0.141 e. The summed E-state index contributed by atoms with van der Waals surface area (Å²) in [5.41, 5.74) is 8.28. The van der Waals surface area contributed by atoms with Crippen LogP contribution >= 0.6 is 11.3 Å². The third-order valence-electron chi connectivity index (χ3n) is 4.43. The molecule has 118 valence electrons. The van der Waals surface area contributed by atoms with Gasteiger partial charge in [-0.15, -0.1) is 11.3 Å². The number of piperidine rings is 1. The average molecular weight is 324 g/mol. The van der Waals surface area contributed by atoms with Crippen molar-refractivity contribution in [3.05, 3.63) is 52.9 Å². The third kappa shape index (κ3) is 2.90. The van der Waals surface area contributed by atoms with E-state index in [1.165, 1.54) is 23.7 Å². The van der Waals surface area contributed by atoms with E-state index in [0.29, 0.717) is 11.9 Å². The summed E-state index contributed by atoms with van der Waals surface area (Å²) in [6.45, 7) is 2.20. The highest BCUT2D eigenvalue weighted by atomic mass is 32.1. The SMILES string of the molecule is NC(=Nc1ccc2c(ccn2C2CCNCC2)c1)c1cccs1. The maximum absolute atomic E-state index is 6.09. The van der Waals surface area contributed by atoms with Gasteiger partial charge < -0.3 is 15.6 Å². The molecule has 0 amide bonds. The second kappa shape index (κ2) is 6.18. The lowest BCUT2D eigenvalue weighted by Crippen LogP contribution is -2.29. The molecule has 0 radical (unpaired) electrons. The Balaban J connectivity index is 1.65. The van der Waals surface area contributed by atoms with E-state index in [1.54, 1.807) is 11.3 Å². The number of benzene rings is 1. The van der Waals surface area contributed by atoms with Gasteiger partial charge in [0, 0.05) is 23.1 Å². The quantitative estimate of drug-likeness (QED) is 0.570. The van der Waals surface area contributed by atoms with E-state index in [1.807, 2.05) is 17.5 Å². The molecule has 4 nitrogen and oxygen atoms in total. The van der Waals surface area contributed by atoms with Gasteiger partial charge >= 0.3 is 0 Å². The fourth-order valence-corrected chi connectivity index (χ4v) is 3.87. The number of hydrogen-bond donors (Lipinski definition) is 2. The predicted octanol–water partition coefficient (Wildman–Crippen LogP) is 3.66. The third-order valence-corrected chi connectivity index (χ3v) is 5.32. The molecular formula is C18H20N4S. The van der Waals surface area contributed by atoms with E-state index < -0.39 is 0 Å². The van der Waals surface area contributed by atoms with Crippen LogP contribution in [0.15, 0.2) is 53.0 Å². The second-order valence-corrected chi connectivity index (χ2v) is 6.87. The predicted molar refractivity (Wildman–Crippen MR) is 97.8 cm³/mol. The minimum absolute atomic E-state index is 0.581. The van der Waals surface area contributed by atoms with Crippen LogP contribution in [-0.2, 0) is 0 Å².